The molecule has 1 saturated carbocycles. The molecule has 1 amide bonds. The van der Waals surface area contributed by atoms with Crippen LogP contribution in [0.2, 0.25) is 0 Å². The number of nitrogens with one attached hydrogen (secondary N) is 1. The van der Waals surface area contributed by atoms with Crippen LogP contribution in [0.15, 0.2) is 12.7 Å². The van der Waals surface area contributed by atoms with Gasteiger partial charge in [-0.2, -0.15) is 0 Å². The van der Waals surface area contributed by atoms with Gasteiger partial charge in [0.25, 0.3) is 0 Å². The highest BCUT2D eigenvalue weighted by atomic mass is 32.1. The van der Waals surface area contributed by atoms with Crippen molar-refractivity contribution in [2.75, 3.05) is 38.2 Å². The van der Waals surface area contributed by atoms with E-state index in [1.807, 2.05) is 17.9 Å². The number of aliphatic hydroxyl groups excluding tert-OH is 1. The molecule has 166 valence electrons. The molecule has 30 heavy (non-hydrogen) atoms. The highest BCUT2D eigenvalue weighted by Crippen LogP contribution is 2.57. The first-order valence-corrected chi connectivity index (χ1v) is 12.1. The summed E-state index contributed by atoms with van der Waals surface area (Å²) in [5.74, 6) is 0.298. The number of fused-ring (bicyclic) bond motifs is 2. The van der Waals surface area contributed by atoms with Crippen LogP contribution >= 0.6 is 11.3 Å². The average molecular weight is 434 g/mol. The van der Waals surface area contributed by atoms with Crippen LogP contribution in [0.3, 0.4) is 0 Å². The summed E-state index contributed by atoms with van der Waals surface area (Å²) in [6.07, 6.45) is 4.25. The normalized spacial score (nSPS) is 34.6. The molecule has 1 saturated heterocycles. The molecule has 3 aliphatic rings. The smallest absolute Gasteiger partial charge is 0.225 e. The van der Waals surface area contributed by atoms with E-state index in [-0.39, 0.29) is 35.0 Å². The zero-order valence-electron chi connectivity index (χ0n) is 18.4. The minimum absolute atomic E-state index is 0.000540. The highest BCUT2D eigenvalue weighted by molar-refractivity contribution is 7.15. The molecular weight excluding hydrogens is 398 g/mol. The van der Waals surface area contributed by atoms with Gasteiger partial charge < -0.3 is 20.1 Å². The second kappa shape index (κ2) is 8.60. The van der Waals surface area contributed by atoms with Crippen LogP contribution in [0.4, 0.5) is 5.13 Å². The van der Waals surface area contributed by atoms with Crippen molar-refractivity contribution in [3.8, 4) is 0 Å². The minimum atomic E-state index is -0.488. The van der Waals surface area contributed by atoms with Crippen LogP contribution in [0.1, 0.15) is 50.1 Å². The third-order valence-electron chi connectivity index (χ3n) is 7.67. The molecule has 6 nitrogen and oxygen atoms in total. The standard InChI is InChI=1S/C23H35N3O3S/c1-5-8-24-22-25-19-15(3)18-20(27)16(6-7-23(18,4)13-17(19)30-22)14(2)21(28)26-9-11-29-12-10-26/h5,14-16,18,20,27H,1,6-13H2,2-4H3,(H,24,25)/t14-,15+,16+,18+,20-,23+/m0/s1. The van der Waals surface area contributed by atoms with Crippen molar-refractivity contribution in [2.45, 2.75) is 52.1 Å². The molecule has 1 aromatic heterocycles. The third kappa shape index (κ3) is 3.80. The SMILES string of the molecule is C=CCNc1nc2c(s1)C[C@@]1(C)CC[C@H]([C@H](C)C(=O)N3CCOCC3)[C@H](O)[C@H]1[C@H]2C. The van der Waals surface area contributed by atoms with Gasteiger partial charge in [-0.05, 0) is 36.5 Å². The van der Waals surface area contributed by atoms with Crippen molar-refractivity contribution >= 4 is 22.4 Å². The number of ether oxygens (including phenoxy) is 1. The molecule has 2 fully saturated rings. The van der Waals surface area contributed by atoms with Gasteiger partial charge in [-0.1, -0.05) is 26.8 Å². The van der Waals surface area contributed by atoms with Gasteiger partial charge in [0.15, 0.2) is 5.13 Å². The average Bonchev–Trinajstić information content (AvgIpc) is 3.14. The minimum Gasteiger partial charge on any atom is -0.392 e. The van der Waals surface area contributed by atoms with Gasteiger partial charge in [0.1, 0.15) is 0 Å². The summed E-state index contributed by atoms with van der Waals surface area (Å²) in [6, 6.07) is 0. The van der Waals surface area contributed by atoms with Gasteiger partial charge in [-0.3, -0.25) is 4.79 Å². The lowest BCUT2D eigenvalue weighted by Crippen LogP contribution is -2.54. The third-order valence-corrected chi connectivity index (χ3v) is 8.70. The van der Waals surface area contributed by atoms with Crippen molar-refractivity contribution < 1.29 is 14.6 Å². The molecule has 1 aliphatic heterocycles. The molecule has 6 atom stereocenters. The highest BCUT2D eigenvalue weighted by Gasteiger charge is 2.54. The van der Waals surface area contributed by atoms with Crippen LogP contribution in [-0.4, -0.2) is 59.8 Å². The molecule has 2 N–H and O–H groups in total. The van der Waals surface area contributed by atoms with Crippen molar-refractivity contribution in [3.05, 3.63) is 23.2 Å². The number of nitrogens with zero attached hydrogens (tertiary/aromatic N) is 2. The number of morpholine rings is 1. The van der Waals surface area contributed by atoms with Gasteiger partial charge in [0.2, 0.25) is 5.91 Å². The van der Waals surface area contributed by atoms with E-state index in [0.29, 0.717) is 32.8 Å². The maximum atomic E-state index is 13.1. The number of carbonyl (C=O) groups is 1. The first-order valence-electron chi connectivity index (χ1n) is 11.2. The van der Waals surface area contributed by atoms with E-state index in [2.05, 4.69) is 25.7 Å². The van der Waals surface area contributed by atoms with E-state index in [1.165, 1.54) is 4.88 Å². The lowest BCUT2D eigenvalue weighted by molar-refractivity contribution is -0.148. The van der Waals surface area contributed by atoms with Gasteiger partial charge in [-0.15, -0.1) is 17.9 Å². The number of hydrogen-bond donors (Lipinski definition) is 2. The van der Waals surface area contributed by atoms with E-state index >= 15 is 0 Å². The van der Waals surface area contributed by atoms with Crippen LogP contribution < -0.4 is 5.32 Å². The zero-order chi connectivity index (χ0) is 21.5. The van der Waals surface area contributed by atoms with Crippen molar-refractivity contribution in [3.63, 3.8) is 0 Å². The summed E-state index contributed by atoms with van der Waals surface area (Å²) in [7, 11) is 0. The number of aliphatic hydroxyl groups is 1. The van der Waals surface area contributed by atoms with Crippen LogP contribution in [0, 0.1) is 23.2 Å². The summed E-state index contributed by atoms with van der Waals surface area (Å²) < 4.78 is 5.39. The Morgan fingerprint density at radius 1 is 1.50 bits per heavy atom. The first-order chi connectivity index (χ1) is 14.4. The topological polar surface area (TPSA) is 74.7 Å². The monoisotopic (exact) mass is 433 g/mol. The first kappa shape index (κ1) is 21.8. The molecule has 2 heterocycles. The maximum Gasteiger partial charge on any atom is 0.225 e. The Hall–Kier alpha value is -1.44. The van der Waals surface area contributed by atoms with Gasteiger partial charge >= 0.3 is 0 Å². The Bertz CT molecular complexity index is 791. The summed E-state index contributed by atoms with van der Waals surface area (Å²) in [5, 5.41) is 15.8. The Labute approximate surface area is 183 Å². The molecule has 2 aliphatic carbocycles. The summed E-state index contributed by atoms with van der Waals surface area (Å²) in [5.41, 5.74) is 1.17. The largest absolute Gasteiger partial charge is 0.392 e. The molecule has 0 spiro atoms. The van der Waals surface area contributed by atoms with Crippen molar-refractivity contribution in [1.29, 1.82) is 0 Å². The second-order valence-electron chi connectivity index (χ2n) is 9.56. The second-order valence-corrected chi connectivity index (χ2v) is 10.6. The summed E-state index contributed by atoms with van der Waals surface area (Å²) in [6.45, 7) is 13.5. The fourth-order valence-electron chi connectivity index (χ4n) is 6.04. The van der Waals surface area contributed by atoms with Gasteiger partial charge in [0, 0.05) is 36.3 Å². The van der Waals surface area contributed by atoms with Crippen LogP contribution in [-0.2, 0) is 16.0 Å². The van der Waals surface area contributed by atoms with E-state index in [0.717, 1.165) is 30.1 Å². The fraction of sp³-hybridized carbons (Fsp3) is 0.739. The van der Waals surface area contributed by atoms with Crippen molar-refractivity contribution in [2.24, 2.45) is 23.2 Å². The zero-order valence-corrected chi connectivity index (χ0v) is 19.2. The number of anilines is 1. The predicted octanol–water partition coefficient (Wildman–Crippen LogP) is 3.29. The molecule has 0 aromatic carbocycles. The molecule has 0 radical (unpaired) electrons. The quantitative estimate of drug-likeness (QED) is 0.697. The summed E-state index contributed by atoms with van der Waals surface area (Å²) >= 11 is 1.74. The lowest BCUT2D eigenvalue weighted by atomic mass is 9.53. The number of amides is 1. The van der Waals surface area contributed by atoms with Crippen molar-refractivity contribution in [1.82, 2.24) is 9.88 Å². The van der Waals surface area contributed by atoms with E-state index < -0.39 is 6.10 Å². The number of aromatic nitrogens is 1. The number of thiazole rings is 1. The maximum absolute atomic E-state index is 13.1. The summed E-state index contributed by atoms with van der Waals surface area (Å²) in [4.78, 5) is 21.2. The van der Waals surface area contributed by atoms with Crippen LogP contribution in [0.25, 0.3) is 0 Å². The Kier molecular flexibility index (Phi) is 6.24. The number of rotatable bonds is 5. The molecule has 0 unspecified atom stereocenters. The molecule has 4 rings (SSSR count). The van der Waals surface area contributed by atoms with Gasteiger partial charge in [-0.25, -0.2) is 4.98 Å². The van der Waals surface area contributed by atoms with Gasteiger partial charge in [0.05, 0.1) is 25.0 Å². The molecule has 7 heteroatoms. The van der Waals surface area contributed by atoms with Crippen LogP contribution in [0.5, 0.6) is 0 Å². The Morgan fingerprint density at radius 3 is 2.93 bits per heavy atom. The molecular formula is C23H35N3O3S. The van der Waals surface area contributed by atoms with E-state index in [4.69, 9.17) is 9.72 Å². The Balaban J connectivity index is 1.54. The van der Waals surface area contributed by atoms with E-state index in [9.17, 15) is 9.90 Å². The lowest BCUT2D eigenvalue weighted by Gasteiger charge is -2.53. The molecule has 0 bridgehead atoms. The Morgan fingerprint density at radius 2 is 2.23 bits per heavy atom. The van der Waals surface area contributed by atoms with E-state index in [1.54, 1.807) is 11.3 Å². The number of carbonyl (C=O) groups excluding carboxylic acids is 1. The predicted molar refractivity (Wildman–Crippen MR) is 120 cm³/mol. The molecule has 1 aromatic rings. The fourth-order valence-corrected chi connectivity index (χ4v) is 7.31. The number of hydrogen-bond acceptors (Lipinski definition) is 6.